The van der Waals surface area contributed by atoms with E-state index in [1.165, 1.54) is 5.56 Å². The number of hydrogen-bond donors (Lipinski definition) is 3. The Hall–Kier alpha value is -1.96. The molecule has 0 spiro atoms. The molecule has 1 amide bonds. The van der Waals surface area contributed by atoms with Gasteiger partial charge in [0.25, 0.3) is 0 Å². The lowest BCUT2D eigenvalue weighted by Crippen LogP contribution is -2.61. The minimum atomic E-state index is -0.989. The Kier molecular flexibility index (Phi) is 6.07. The van der Waals surface area contributed by atoms with Crippen molar-refractivity contribution < 1.29 is 15.0 Å². The van der Waals surface area contributed by atoms with Crippen molar-refractivity contribution in [3.63, 3.8) is 0 Å². The molecular formula is C21H29N3O3S. The second kappa shape index (κ2) is 8.19. The molecule has 0 aromatic heterocycles. The number of nitrogens with zero attached hydrogens (tertiary/aromatic N) is 2. The van der Waals surface area contributed by atoms with Gasteiger partial charge in [0.1, 0.15) is 6.10 Å². The molecule has 1 aliphatic carbocycles. The van der Waals surface area contributed by atoms with Gasteiger partial charge in [-0.15, -0.1) is 6.58 Å². The highest BCUT2D eigenvalue weighted by atomic mass is 32.1. The van der Waals surface area contributed by atoms with E-state index in [4.69, 9.17) is 12.2 Å². The molecule has 3 rings (SSSR count). The number of hydrogen-bond acceptors (Lipinski definition) is 4. The maximum atomic E-state index is 13.1. The summed E-state index contributed by atoms with van der Waals surface area (Å²) in [6.07, 6.45) is -0.112. The van der Waals surface area contributed by atoms with Crippen LogP contribution in [-0.2, 0) is 4.79 Å². The predicted molar refractivity (Wildman–Crippen MR) is 114 cm³/mol. The first-order chi connectivity index (χ1) is 13.3. The lowest BCUT2D eigenvalue weighted by atomic mass is 9.77. The summed E-state index contributed by atoms with van der Waals surface area (Å²) in [6.45, 7) is 8.38. The number of aliphatic hydroxyl groups is 2. The van der Waals surface area contributed by atoms with E-state index < -0.39 is 24.2 Å². The first-order valence-electron chi connectivity index (χ1n) is 9.68. The Balaban J connectivity index is 1.97. The molecule has 0 radical (unpaired) electrons. The second-order valence-corrected chi connectivity index (χ2v) is 8.38. The summed E-state index contributed by atoms with van der Waals surface area (Å²) in [7, 11) is 1.72. The largest absolute Gasteiger partial charge is 0.390 e. The van der Waals surface area contributed by atoms with Crippen molar-refractivity contribution in [2.24, 2.45) is 5.92 Å². The van der Waals surface area contributed by atoms with Gasteiger partial charge in [-0.05, 0) is 42.3 Å². The minimum Gasteiger partial charge on any atom is -0.390 e. The van der Waals surface area contributed by atoms with Gasteiger partial charge >= 0.3 is 0 Å². The summed E-state index contributed by atoms with van der Waals surface area (Å²) in [5.41, 5.74) is 2.10. The van der Waals surface area contributed by atoms with Crippen molar-refractivity contribution in [1.29, 1.82) is 0 Å². The van der Waals surface area contributed by atoms with Crippen LogP contribution in [0, 0.1) is 5.92 Å². The number of carbonyl (C=O) groups is 1. The number of benzene rings is 1. The molecule has 1 aromatic rings. The molecule has 1 aromatic carbocycles. The van der Waals surface area contributed by atoms with Crippen molar-refractivity contribution in [3.8, 4) is 0 Å². The van der Waals surface area contributed by atoms with Crippen molar-refractivity contribution >= 4 is 28.9 Å². The van der Waals surface area contributed by atoms with Crippen LogP contribution in [0.2, 0.25) is 0 Å². The highest BCUT2D eigenvalue weighted by molar-refractivity contribution is 7.80. The standard InChI is InChI=1S/C21H29N3O3S/c1-5-10-23(4)20(27)15-11-16(25)19(26)17-18(15)24(21(28)22-17)14-8-6-13(7-9-14)12(2)3/h5-9,12,15-19,25-26H,1,10-11H2,2-4H3,(H,22,28)/t15-,16-,17-,18+,19+/m1/s1. The minimum absolute atomic E-state index is 0.0869. The number of rotatable bonds is 5. The second-order valence-electron chi connectivity index (χ2n) is 7.99. The van der Waals surface area contributed by atoms with E-state index in [-0.39, 0.29) is 18.4 Å². The summed E-state index contributed by atoms with van der Waals surface area (Å²) in [5, 5.41) is 24.5. The van der Waals surface area contributed by atoms with Gasteiger partial charge in [0.15, 0.2) is 5.11 Å². The smallest absolute Gasteiger partial charge is 0.227 e. The predicted octanol–water partition coefficient (Wildman–Crippen LogP) is 1.63. The molecular weight excluding hydrogens is 374 g/mol. The monoisotopic (exact) mass is 403 g/mol. The molecule has 2 aliphatic rings. The Labute approximate surface area is 171 Å². The SMILES string of the molecule is C=CCN(C)C(=O)[C@@H]1C[C@@H](O)[C@H](O)[C@@H]2NC(=S)N(c3ccc(C(C)C)cc3)[C@H]21. The van der Waals surface area contributed by atoms with Crippen molar-refractivity contribution in [1.82, 2.24) is 10.2 Å². The number of nitrogens with one attached hydrogen (secondary N) is 1. The van der Waals surface area contributed by atoms with Gasteiger partial charge in [0, 0.05) is 19.3 Å². The van der Waals surface area contributed by atoms with E-state index in [0.29, 0.717) is 17.6 Å². The van der Waals surface area contributed by atoms with Gasteiger partial charge in [-0.2, -0.15) is 0 Å². The molecule has 152 valence electrons. The molecule has 2 fully saturated rings. The number of fused-ring (bicyclic) bond motifs is 1. The Morgan fingerprint density at radius 2 is 2.04 bits per heavy atom. The Bertz CT molecular complexity index is 752. The zero-order valence-electron chi connectivity index (χ0n) is 16.6. The van der Waals surface area contributed by atoms with E-state index in [2.05, 4.69) is 37.9 Å². The summed E-state index contributed by atoms with van der Waals surface area (Å²) in [5.74, 6) is -0.166. The fourth-order valence-electron chi connectivity index (χ4n) is 4.21. The van der Waals surface area contributed by atoms with Crippen LogP contribution in [0.5, 0.6) is 0 Å². The third kappa shape index (κ3) is 3.66. The lowest BCUT2D eigenvalue weighted by molar-refractivity contribution is -0.139. The number of amides is 1. The van der Waals surface area contributed by atoms with E-state index in [9.17, 15) is 15.0 Å². The number of thiocarbonyl (C=S) groups is 1. The van der Waals surface area contributed by atoms with Crippen LogP contribution in [0.3, 0.4) is 0 Å². The van der Waals surface area contributed by atoms with Gasteiger partial charge in [0.05, 0.1) is 24.1 Å². The maximum absolute atomic E-state index is 13.1. The number of carbonyl (C=O) groups excluding carboxylic acids is 1. The zero-order valence-corrected chi connectivity index (χ0v) is 17.4. The molecule has 0 bridgehead atoms. The van der Waals surface area contributed by atoms with Crippen LogP contribution >= 0.6 is 12.2 Å². The van der Waals surface area contributed by atoms with Crippen LogP contribution < -0.4 is 10.2 Å². The van der Waals surface area contributed by atoms with E-state index >= 15 is 0 Å². The van der Waals surface area contributed by atoms with Gasteiger partial charge in [-0.3, -0.25) is 4.79 Å². The lowest BCUT2D eigenvalue weighted by Gasteiger charge is -2.42. The maximum Gasteiger partial charge on any atom is 0.227 e. The molecule has 1 heterocycles. The van der Waals surface area contributed by atoms with Gasteiger partial charge in [-0.1, -0.05) is 32.1 Å². The average molecular weight is 404 g/mol. The molecule has 7 heteroatoms. The molecule has 3 N–H and O–H groups in total. The average Bonchev–Trinajstić information content (AvgIpc) is 3.01. The quantitative estimate of drug-likeness (QED) is 0.513. The van der Waals surface area contributed by atoms with Gasteiger partial charge < -0.3 is 25.3 Å². The molecule has 1 saturated heterocycles. The number of aliphatic hydroxyl groups excluding tert-OH is 2. The Morgan fingerprint density at radius 3 is 2.61 bits per heavy atom. The van der Waals surface area contributed by atoms with Gasteiger partial charge in [-0.25, -0.2) is 0 Å². The summed E-state index contributed by atoms with van der Waals surface area (Å²) in [6, 6.07) is 7.24. The molecule has 5 atom stereocenters. The highest BCUT2D eigenvalue weighted by Gasteiger charge is 2.54. The Morgan fingerprint density at radius 1 is 1.39 bits per heavy atom. The molecule has 1 aliphatic heterocycles. The van der Waals surface area contributed by atoms with Crippen LogP contribution in [0.4, 0.5) is 5.69 Å². The molecule has 1 saturated carbocycles. The third-order valence-electron chi connectivity index (χ3n) is 5.78. The van der Waals surface area contributed by atoms with Crippen molar-refractivity contribution in [3.05, 3.63) is 42.5 Å². The van der Waals surface area contributed by atoms with Crippen LogP contribution in [0.25, 0.3) is 0 Å². The van der Waals surface area contributed by atoms with Crippen LogP contribution in [0.15, 0.2) is 36.9 Å². The molecule has 0 unspecified atom stereocenters. The fraction of sp³-hybridized carbons (Fsp3) is 0.524. The first-order valence-corrected chi connectivity index (χ1v) is 10.1. The molecule has 28 heavy (non-hydrogen) atoms. The van der Waals surface area contributed by atoms with E-state index in [1.807, 2.05) is 17.0 Å². The highest BCUT2D eigenvalue weighted by Crippen LogP contribution is 2.37. The van der Waals surface area contributed by atoms with Crippen LogP contribution in [0.1, 0.15) is 31.7 Å². The molecule has 6 nitrogen and oxygen atoms in total. The summed E-state index contributed by atoms with van der Waals surface area (Å²) in [4.78, 5) is 16.6. The normalized spacial score (nSPS) is 29.4. The van der Waals surface area contributed by atoms with Crippen LogP contribution in [-0.4, -0.2) is 64.0 Å². The van der Waals surface area contributed by atoms with Crippen molar-refractivity contribution in [2.75, 3.05) is 18.5 Å². The van der Waals surface area contributed by atoms with E-state index in [0.717, 1.165) is 5.69 Å². The topological polar surface area (TPSA) is 76.0 Å². The third-order valence-corrected chi connectivity index (χ3v) is 6.09. The zero-order chi connectivity index (χ0) is 20.6. The van der Waals surface area contributed by atoms with Gasteiger partial charge in [0.2, 0.25) is 5.91 Å². The number of anilines is 1. The van der Waals surface area contributed by atoms with E-state index in [1.54, 1.807) is 18.0 Å². The summed E-state index contributed by atoms with van der Waals surface area (Å²) < 4.78 is 0. The fourth-order valence-corrected chi connectivity index (χ4v) is 4.58. The number of likely N-dealkylation sites (N-methyl/N-ethyl adjacent to an activating group) is 1. The summed E-state index contributed by atoms with van der Waals surface area (Å²) >= 11 is 5.55. The van der Waals surface area contributed by atoms with Crippen molar-refractivity contribution in [2.45, 2.75) is 50.5 Å². The first kappa shape index (κ1) is 20.8.